The van der Waals surface area contributed by atoms with Gasteiger partial charge in [0, 0.05) is 32.6 Å². The molecule has 1 aromatic rings. The molecule has 2 rings (SSSR count). The number of nitrogens with one attached hydrogen (secondary N) is 2. The summed E-state index contributed by atoms with van der Waals surface area (Å²) in [6, 6.07) is 0. The van der Waals surface area contributed by atoms with Crippen LogP contribution in [0.15, 0.2) is 5.16 Å². The Kier molecular flexibility index (Phi) is 9.65. The predicted octanol–water partition coefficient (Wildman–Crippen LogP) is 1.11. The number of carbonyl (C=O) groups is 1. The lowest BCUT2D eigenvalue weighted by Crippen LogP contribution is -2.48. The van der Waals surface area contributed by atoms with Crippen LogP contribution in [0.5, 0.6) is 0 Å². The lowest BCUT2D eigenvalue weighted by Gasteiger charge is -2.22. The quantitative estimate of drug-likeness (QED) is 0.522. The number of rotatable bonds is 8. The summed E-state index contributed by atoms with van der Waals surface area (Å²) in [6.07, 6.45) is 3.31. The van der Waals surface area contributed by atoms with E-state index in [2.05, 4.69) is 39.2 Å². The van der Waals surface area contributed by atoms with E-state index < -0.39 is 0 Å². The number of hydrogen-bond donors (Lipinski definition) is 2. The highest BCUT2D eigenvalue weighted by Crippen LogP contribution is 2.16. The van der Waals surface area contributed by atoms with E-state index >= 15 is 0 Å². The van der Waals surface area contributed by atoms with Crippen molar-refractivity contribution in [3.05, 3.63) is 5.82 Å². The van der Waals surface area contributed by atoms with Crippen molar-refractivity contribution < 1.29 is 9.53 Å². The number of aromatic nitrogens is 3. The first-order valence-electron chi connectivity index (χ1n) is 8.18. The van der Waals surface area contributed by atoms with Crippen LogP contribution in [0.25, 0.3) is 0 Å². The van der Waals surface area contributed by atoms with E-state index in [1.54, 1.807) is 11.8 Å². The molecule has 0 radical (unpaired) electrons. The van der Waals surface area contributed by atoms with Gasteiger partial charge >= 0.3 is 0 Å². The SMILES string of the molecule is CSc1nnc(CCCNC(=O)C2CNCCO2)n1CC(C)C.Cl. The van der Waals surface area contributed by atoms with E-state index in [0.717, 1.165) is 36.9 Å². The lowest BCUT2D eigenvalue weighted by molar-refractivity contribution is -0.134. The fourth-order valence-corrected chi connectivity index (χ4v) is 3.03. The minimum Gasteiger partial charge on any atom is -0.366 e. The average Bonchev–Trinajstić information content (AvgIpc) is 2.93. The standard InChI is InChI=1S/C15H27N5O2S.ClH/c1-11(2)10-20-13(18-19-15(20)23-3)5-4-6-17-14(21)12-9-16-7-8-22-12;/h11-12,16H,4-10H2,1-3H3,(H,17,21);1H. The summed E-state index contributed by atoms with van der Waals surface area (Å²) in [7, 11) is 0. The summed E-state index contributed by atoms with van der Waals surface area (Å²) in [6.45, 7) is 7.92. The molecule has 1 aliphatic rings. The summed E-state index contributed by atoms with van der Waals surface area (Å²) in [5, 5.41) is 15.6. The zero-order chi connectivity index (χ0) is 16.7. The first-order chi connectivity index (χ1) is 11.1. The number of thioether (sulfide) groups is 1. The normalized spacial score (nSPS) is 17.6. The molecule has 9 heteroatoms. The van der Waals surface area contributed by atoms with Crippen molar-refractivity contribution in [3.63, 3.8) is 0 Å². The highest BCUT2D eigenvalue weighted by atomic mass is 35.5. The molecule has 0 aliphatic carbocycles. The number of halogens is 1. The number of ether oxygens (including phenoxy) is 1. The fraction of sp³-hybridized carbons (Fsp3) is 0.800. The van der Waals surface area contributed by atoms with Crippen LogP contribution >= 0.6 is 24.2 Å². The monoisotopic (exact) mass is 377 g/mol. The molecule has 0 saturated carbocycles. The van der Waals surface area contributed by atoms with Gasteiger partial charge < -0.3 is 19.9 Å². The molecular formula is C15H28ClN5O2S. The minimum absolute atomic E-state index is 0. The maximum absolute atomic E-state index is 12.0. The van der Waals surface area contributed by atoms with Crippen molar-refractivity contribution in [2.75, 3.05) is 32.5 Å². The molecule has 24 heavy (non-hydrogen) atoms. The zero-order valence-corrected chi connectivity index (χ0v) is 16.2. The molecule has 2 heterocycles. The Hall–Kier alpha value is -0.830. The first-order valence-corrected chi connectivity index (χ1v) is 9.40. The number of hydrogen-bond acceptors (Lipinski definition) is 6. The van der Waals surface area contributed by atoms with Crippen LogP contribution in [0, 0.1) is 5.92 Å². The molecule has 1 aliphatic heterocycles. The van der Waals surface area contributed by atoms with Gasteiger partial charge in [-0.15, -0.1) is 22.6 Å². The number of aryl methyl sites for hydroxylation is 1. The molecule has 1 aromatic heterocycles. The molecule has 1 saturated heterocycles. The summed E-state index contributed by atoms with van der Waals surface area (Å²) >= 11 is 1.62. The molecule has 1 unspecified atom stereocenters. The number of nitrogens with zero attached hydrogens (tertiary/aromatic N) is 3. The molecule has 0 bridgehead atoms. The van der Waals surface area contributed by atoms with E-state index in [0.29, 0.717) is 25.6 Å². The number of carbonyl (C=O) groups excluding carboxylic acids is 1. The molecular weight excluding hydrogens is 350 g/mol. The Morgan fingerprint density at radius 2 is 2.29 bits per heavy atom. The highest BCUT2D eigenvalue weighted by molar-refractivity contribution is 7.98. The zero-order valence-electron chi connectivity index (χ0n) is 14.6. The van der Waals surface area contributed by atoms with Crippen LogP contribution in [0.1, 0.15) is 26.1 Å². The van der Waals surface area contributed by atoms with E-state index in [1.807, 2.05) is 6.26 Å². The Bertz CT molecular complexity index is 506. The van der Waals surface area contributed by atoms with Gasteiger partial charge in [0.05, 0.1) is 6.61 Å². The Morgan fingerprint density at radius 3 is 2.92 bits per heavy atom. The second kappa shape index (κ2) is 10.9. The molecule has 1 fully saturated rings. The summed E-state index contributed by atoms with van der Waals surface area (Å²) < 4.78 is 7.62. The van der Waals surface area contributed by atoms with E-state index in [-0.39, 0.29) is 24.4 Å². The molecule has 0 aromatic carbocycles. The van der Waals surface area contributed by atoms with Gasteiger partial charge in [-0.3, -0.25) is 4.79 Å². The minimum atomic E-state index is -0.364. The van der Waals surface area contributed by atoms with Crippen molar-refractivity contribution in [1.82, 2.24) is 25.4 Å². The first kappa shape index (κ1) is 21.2. The van der Waals surface area contributed by atoms with Crippen molar-refractivity contribution >= 4 is 30.1 Å². The van der Waals surface area contributed by atoms with E-state index in [4.69, 9.17) is 4.74 Å². The summed E-state index contributed by atoms with van der Waals surface area (Å²) in [5.74, 6) is 1.50. The average molecular weight is 378 g/mol. The Labute approximate surface area is 154 Å². The Balaban J connectivity index is 0.00000288. The second-order valence-electron chi connectivity index (χ2n) is 6.07. The smallest absolute Gasteiger partial charge is 0.250 e. The summed E-state index contributed by atoms with van der Waals surface area (Å²) in [5.41, 5.74) is 0. The van der Waals surface area contributed by atoms with Gasteiger partial charge in [-0.25, -0.2) is 0 Å². The maximum Gasteiger partial charge on any atom is 0.250 e. The topological polar surface area (TPSA) is 81.1 Å². The summed E-state index contributed by atoms with van der Waals surface area (Å²) in [4.78, 5) is 12.0. The highest BCUT2D eigenvalue weighted by Gasteiger charge is 2.21. The van der Waals surface area contributed by atoms with Gasteiger partial charge in [0.25, 0.3) is 0 Å². The molecule has 138 valence electrons. The van der Waals surface area contributed by atoms with Crippen molar-refractivity contribution in [2.24, 2.45) is 5.92 Å². The van der Waals surface area contributed by atoms with Gasteiger partial charge in [-0.05, 0) is 18.6 Å². The van der Waals surface area contributed by atoms with E-state index in [9.17, 15) is 4.79 Å². The molecule has 2 N–H and O–H groups in total. The maximum atomic E-state index is 12.0. The number of morpholine rings is 1. The van der Waals surface area contributed by atoms with Crippen LogP contribution in [0.2, 0.25) is 0 Å². The predicted molar refractivity (Wildman–Crippen MR) is 97.8 cm³/mol. The molecule has 1 amide bonds. The van der Waals surface area contributed by atoms with E-state index in [1.165, 1.54) is 0 Å². The third-order valence-electron chi connectivity index (χ3n) is 3.62. The molecule has 0 spiro atoms. The van der Waals surface area contributed by atoms with Crippen LogP contribution in [0.4, 0.5) is 0 Å². The second-order valence-corrected chi connectivity index (χ2v) is 6.84. The fourth-order valence-electron chi connectivity index (χ4n) is 2.51. The van der Waals surface area contributed by atoms with Gasteiger partial charge in [0.2, 0.25) is 5.91 Å². The molecule has 7 nitrogen and oxygen atoms in total. The van der Waals surface area contributed by atoms with Crippen molar-refractivity contribution in [2.45, 2.75) is 44.5 Å². The van der Waals surface area contributed by atoms with Gasteiger partial charge in [-0.1, -0.05) is 25.6 Å². The van der Waals surface area contributed by atoms with Crippen LogP contribution in [-0.4, -0.2) is 59.3 Å². The van der Waals surface area contributed by atoms with Gasteiger partial charge in [-0.2, -0.15) is 0 Å². The van der Waals surface area contributed by atoms with Crippen molar-refractivity contribution in [1.29, 1.82) is 0 Å². The third kappa shape index (κ3) is 6.23. The van der Waals surface area contributed by atoms with Crippen LogP contribution < -0.4 is 10.6 Å². The third-order valence-corrected chi connectivity index (χ3v) is 4.29. The Morgan fingerprint density at radius 1 is 1.50 bits per heavy atom. The lowest BCUT2D eigenvalue weighted by atomic mass is 10.2. The number of amides is 1. The van der Waals surface area contributed by atoms with Gasteiger partial charge in [0.1, 0.15) is 11.9 Å². The van der Waals surface area contributed by atoms with Crippen LogP contribution in [0.3, 0.4) is 0 Å². The van der Waals surface area contributed by atoms with Crippen molar-refractivity contribution in [3.8, 4) is 0 Å². The molecule has 1 atom stereocenters. The van der Waals surface area contributed by atoms with Gasteiger partial charge in [0.15, 0.2) is 5.16 Å². The van der Waals surface area contributed by atoms with Crippen LogP contribution in [-0.2, 0) is 22.5 Å². The largest absolute Gasteiger partial charge is 0.366 e.